The Kier molecular flexibility index (Phi) is 3.17. The van der Waals surface area contributed by atoms with E-state index in [2.05, 4.69) is 64.0 Å². The maximum Gasteiger partial charge on any atom is 0.0810 e. The van der Waals surface area contributed by atoms with Gasteiger partial charge < -0.3 is 9.72 Å². The second kappa shape index (κ2) is 5.26. The lowest BCUT2D eigenvalue weighted by atomic mass is 9.37. The topological polar surface area (TPSA) is 25.0 Å². The van der Waals surface area contributed by atoms with Crippen LogP contribution in [0.2, 0.25) is 0 Å². The molecule has 2 heterocycles. The summed E-state index contributed by atoms with van der Waals surface area (Å²) in [5, 5.41) is 1.49. The van der Waals surface area contributed by atoms with Crippen molar-refractivity contribution in [1.29, 1.82) is 0 Å². The van der Waals surface area contributed by atoms with Crippen molar-refractivity contribution >= 4 is 16.5 Å². The van der Waals surface area contributed by atoms with Gasteiger partial charge in [0.25, 0.3) is 0 Å². The molecule has 7 rings (SSSR count). The third kappa shape index (κ3) is 1.70. The van der Waals surface area contributed by atoms with Gasteiger partial charge in [-0.1, -0.05) is 46.8 Å². The van der Waals surface area contributed by atoms with E-state index in [9.17, 15) is 0 Å². The highest BCUT2D eigenvalue weighted by Crippen LogP contribution is 2.75. The minimum absolute atomic E-state index is 0.0307. The molecule has 30 heavy (non-hydrogen) atoms. The van der Waals surface area contributed by atoms with Crippen molar-refractivity contribution in [1.82, 2.24) is 4.98 Å². The van der Waals surface area contributed by atoms with Crippen molar-refractivity contribution < 1.29 is 4.74 Å². The first-order valence-corrected chi connectivity index (χ1v) is 12.3. The summed E-state index contributed by atoms with van der Waals surface area (Å²) in [6.07, 6.45) is 9.65. The monoisotopic (exact) mass is 401 g/mol. The number of aromatic nitrogens is 1. The molecule has 2 aromatic rings. The molecule has 0 radical (unpaired) electrons. The van der Waals surface area contributed by atoms with Crippen LogP contribution in [-0.2, 0) is 10.2 Å². The van der Waals surface area contributed by atoms with E-state index in [0.717, 1.165) is 11.8 Å². The maximum atomic E-state index is 7.10. The fraction of sp³-hybridized carbons (Fsp3) is 0.643. The Morgan fingerprint density at radius 1 is 1.07 bits per heavy atom. The van der Waals surface area contributed by atoms with E-state index in [-0.39, 0.29) is 5.41 Å². The number of benzene rings is 1. The van der Waals surface area contributed by atoms with Crippen LogP contribution in [0.5, 0.6) is 0 Å². The fourth-order valence-corrected chi connectivity index (χ4v) is 9.44. The Balaban J connectivity index is 1.58. The minimum atomic E-state index is 0.0307. The highest BCUT2D eigenvalue weighted by atomic mass is 16.5. The quantitative estimate of drug-likeness (QED) is 0.513. The van der Waals surface area contributed by atoms with Crippen molar-refractivity contribution in [2.24, 2.45) is 28.6 Å². The predicted molar refractivity (Wildman–Crippen MR) is 122 cm³/mol. The lowest BCUT2D eigenvalue weighted by Gasteiger charge is -2.65. The number of rotatable bonds is 0. The fourth-order valence-electron chi connectivity index (χ4n) is 9.44. The molecule has 1 saturated heterocycles. The molecule has 0 amide bonds. The Morgan fingerprint density at radius 3 is 2.73 bits per heavy atom. The Labute approximate surface area is 180 Å². The summed E-state index contributed by atoms with van der Waals surface area (Å²) < 4.78 is 7.10. The summed E-state index contributed by atoms with van der Waals surface area (Å²) in [7, 11) is 0. The van der Waals surface area contributed by atoms with Crippen molar-refractivity contribution in [3.63, 3.8) is 0 Å². The zero-order valence-corrected chi connectivity index (χ0v) is 19.1. The van der Waals surface area contributed by atoms with Gasteiger partial charge in [-0.2, -0.15) is 0 Å². The molecule has 2 bridgehead atoms. The van der Waals surface area contributed by atoms with Gasteiger partial charge in [-0.05, 0) is 78.0 Å². The van der Waals surface area contributed by atoms with Crippen LogP contribution in [0.3, 0.4) is 0 Å². The van der Waals surface area contributed by atoms with E-state index in [1.165, 1.54) is 54.1 Å². The molecule has 5 aliphatic rings. The number of hydrogen-bond acceptors (Lipinski definition) is 1. The van der Waals surface area contributed by atoms with Crippen molar-refractivity contribution in [2.75, 3.05) is 0 Å². The number of H-pyrrole nitrogens is 1. The molecule has 1 aliphatic heterocycles. The molecule has 3 fully saturated rings. The smallest absolute Gasteiger partial charge is 0.0810 e. The van der Waals surface area contributed by atoms with Crippen LogP contribution in [0.15, 0.2) is 30.0 Å². The van der Waals surface area contributed by atoms with Gasteiger partial charge in [-0.15, -0.1) is 0 Å². The normalized spacial score (nSPS) is 45.4. The standard InChI is InChI=1S/C28H35NO/c1-15-11-12-27(5)16(2)9-10-21-28(27)13-20(30-21)25-23(24(15)28)17-14-29-19-8-6-7-18(22(17)19)26(25,3)4/h6-8,14-16,20-21,24,29H,9-13H2,1-5H3/t15-,16-,20-,21+,24+,27+,28+/m1/s1. The first-order chi connectivity index (χ1) is 14.3. The van der Waals surface area contributed by atoms with Crippen LogP contribution in [0.1, 0.15) is 77.8 Å². The van der Waals surface area contributed by atoms with Crippen LogP contribution < -0.4 is 0 Å². The molecule has 1 spiro atoms. The number of aromatic amines is 1. The van der Waals surface area contributed by atoms with E-state index in [1.54, 1.807) is 11.1 Å². The highest BCUT2D eigenvalue weighted by Gasteiger charge is 2.71. The summed E-state index contributed by atoms with van der Waals surface area (Å²) in [4.78, 5) is 3.64. The lowest BCUT2D eigenvalue weighted by molar-refractivity contribution is -0.158. The lowest BCUT2D eigenvalue weighted by Crippen LogP contribution is -2.61. The largest absolute Gasteiger partial charge is 0.370 e. The van der Waals surface area contributed by atoms with Gasteiger partial charge in [-0.25, -0.2) is 0 Å². The molecule has 158 valence electrons. The average Bonchev–Trinajstić information content (AvgIpc) is 3.28. The molecule has 7 atom stereocenters. The summed E-state index contributed by atoms with van der Waals surface area (Å²) in [6, 6.07) is 6.86. The van der Waals surface area contributed by atoms with Crippen LogP contribution in [-0.4, -0.2) is 17.2 Å². The molecule has 2 nitrogen and oxygen atoms in total. The molecule has 4 aliphatic carbocycles. The van der Waals surface area contributed by atoms with E-state index in [4.69, 9.17) is 4.74 Å². The van der Waals surface area contributed by atoms with Crippen LogP contribution in [0, 0.1) is 28.6 Å². The van der Waals surface area contributed by atoms with Crippen LogP contribution in [0.25, 0.3) is 16.5 Å². The molecular weight excluding hydrogens is 366 g/mol. The third-order valence-corrected chi connectivity index (χ3v) is 10.9. The van der Waals surface area contributed by atoms with Gasteiger partial charge in [0.1, 0.15) is 0 Å². The maximum absolute atomic E-state index is 7.10. The van der Waals surface area contributed by atoms with Crippen molar-refractivity contribution in [3.05, 3.63) is 41.1 Å². The Bertz CT molecular complexity index is 1120. The predicted octanol–water partition coefficient (Wildman–Crippen LogP) is 6.85. The van der Waals surface area contributed by atoms with Crippen LogP contribution in [0.4, 0.5) is 0 Å². The van der Waals surface area contributed by atoms with Gasteiger partial charge in [0.2, 0.25) is 0 Å². The van der Waals surface area contributed by atoms with E-state index in [1.807, 2.05) is 0 Å². The first kappa shape index (κ1) is 18.1. The van der Waals surface area contributed by atoms with Crippen molar-refractivity contribution in [2.45, 2.75) is 84.3 Å². The highest BCUT2D eigenvalue weighted by molar-refractivity contribution is 6.01. The third-order valence-electron chi connectivity index (χ3n) is 10.9. The summed E-state index contributed by atoms with van der Waals surface area (Å²) in [6.45, 7) is 12.7. The first-order valence-electron chi connectivity index (χ1n) is 12.3. The summed E-state index contributed by atoms with van der Waals surface area (Å²) in [5.41, 5.74) is 8.36. The van der Waals surface area contributed by atoms with Gasteiger partial charge in [0.15, 0.2) is 0 Å². The number of ether oxygens (including phenoxy) is 1. The average molecular weight is 402 g/mol. The SMILES string of the molecule is C[C@@H]1CC[C@@]2(C)[C@H](C)CC[C@@H]3O[C@@H]4C[C@@]32[C@@H]1C1=C4C(C)(C)c2cccc3[nH]cc1c23. The summed E-state index contributed by atoms with van der Waals surface area (Å²) >= 11 is 0. The van der Waals surface area contributed by atoms with E-state index in [0.29, 0.717) is 29.0 Å². The summed E-state index contributed by atoms with van der Waals surface area (Å²) in [5.74, 6) is 2.15. The number of hydrogen-bond donors (Lipinski definition) is 1. The minimum Gasteiger partial charge on any atom is -0.370 e. The molecule has 2 heteroatoms. The molecule has 1 aromatic heterocycles. The van der Waals surface area contributed by atoms with Crippen molar-refractivity contribution in [3.8, 4) is 0 Å². The van der Waals surface area contributed by atoms with Gasteiger partial charge in [-0.3, -0.25) is 0 Å². The molecular formula is C28H35NO. The van der Waals surface area contributed by atoms with Gasteiger partial charge >= 0.3 is 0 Å². The van der Waals surface area contributed by atoms with Crippen LogP contribution >= 0.6 is 0 Å². The van der Waals surface area contributed by atoms with E-state index < -0.39 is 0 Å². The number of nitrogens with one attached hydrogen (secondary N) is 1. The Morgan fingerprint density at radius 2 is 1.90 bits per heavy atom. The zero-order chi connectivity index (χ0) is 20.6. The molecule has 1 N–H and O–H groups in total. The molecule has 2 saturated carbocycles. The second-order valence-corrected chi connectivity index (χ2v) is 12.1. The molecule has 0 unspecified atom stereocenters. The van der Waals surface area contributed by atoms with Gasteiger partial charge in [0.05, 0.1) is 12.2 Å². The number of fused-ring (bicyclic) bond motifs is 4. The Hall–Kier alpha value is -1.54. The molecule has 1 aromatic carbocycles. The number of allylic oxidation sites excluding steroid dienone is 1. The van der Waals surface area contributed by atoms with E-state index >= 15 is 0 Å². The zero-order valence-electron chi connectivity index (χ0n) is 19.1. The second-order valence-electron chi connectivity index (χ2n) is 12.1. The van der Waals surface area contributed by atoms with Gasteiger partial charge in [0, 0.05) is 33.5 Å².